The van der Waals surface area contributed by atoms with E-state index in [1.54, 1.807) is 19.1 Å². The molecule has 3 rings (SSSR count). The van der Waals surface area contributed by atoms with Crippen molar-refractivity contribution in [2.24, 2.45) is 0 Å². The largest absolute Gasteiger partial charge is 0.462 e. The molecular formula is C15H18N2O3. The minimum Gasteiger partial charge on any atom is -0.462 e. The maximum atomic E-state index is 12.1. The van der Waals surface area contributed by atoms with Crippen molar-refractivity contribution < 1.29 is 14.3 Å². The van der Waals surface area contributed by atoms with E-state index in [0.717, 1.165) is 31.5 Å². The van der Waals surface area contributed by atoms with E-state index >= 15 is 0 Å². The van der Waals surface area contributed by atoms with Crippen LogP contribution in [0.25, 0.3) is 0 Å². The highest BCUT2D eigenvalue weighted by Crippen LogP contribution is 2.36. The topological polar surface area (TPSA) is 58.6 Å². The second-order valence-electron chi connectivity index (χ2n) is 5.15. The van der Waals surface area contributed by atoms with Gasteiger partial charge in [-0.2, -0.15) is 0 Å². The fourth-order valence-electron chi connectivity index (χ4n) is 2.94. The molecule has 2 heterocycles. The van der Waals surface area contributed by atoms with E-state index in [1.807, 2.05) is 6.07 Å². The molecule has 0 radical (unpaired) electrons. The molecule has 1 aromatic carbocycles. The smallest absolute Gasteiger partial charge is 0.338 e. The molecule has 1 saturated heterocycles. The van der Waals surface area contributed by atoms with Gasteiger partial charge in [0.2, 0.25) is 5.91 Å². The number of piperidine rings is 1. The van der Waals surface area contributed by atoms with Crippen LogP contribution in [0.15, 0.2) is 18.2 Å². The van der Waals surface area contributed by atoms with E-state index in [0.29, 0.717) is 17.9 Å². The summed E-state index contributed by atoms with van der Waals surface area (Å²) in [5.74, 6) is -0.330. The van der Waals surface area contributed by atoms with Crippen LogP contribution in [0.2, 0.25) is 0 Å². The van der Waals surface area contributed by atoms with Gasteiger partial charge in [0.15, 0.2) is 0 Å². The number of carbonyl (C=O) groups excluding carboxylic acids is 2. The van der Waals surface area contributed by atoms with Crippen LogP contribution in [0, 0.1) is 0 Å². The number of amides is 1. The molecule has 5 heteroatoms. The van der Waals surface area contributed by atoms with E-state index < -0.39 is 0 Å². The number of hydrogen-bond acceptors (Lipinski definition) is 4. The summed E-state index contributed by atoms with van der Waals surface area (Å²) in [5, 5.41) is 2.91. The highest BCUT2D eigenvalue weighted by atomic mass is 16.5. The first-order valence-electron chi connectivity index (χ1n) is 7.09. The molecule has 1 fully saturated rings. The molecule has 0 bridgehead atoms. The summed E-state index contributed by atoms with van der Waals surface area (Å²) >= 11 is 0. The Kier molecular flexibility index (Phi) is 3.34. The van der Waals surface area contributed by atoms with Gasteiger partial charge in [0.25, 0.3) is 0 Å². The molecule has 0 aliphatic carbocycles. The van der Waals surface area contributed by atoms with Gasteiger partial charge in [-0.25, -0.2) is 4.79 Å². The van der Waals surface area contributed by atoms with Crippen molar-refractivity contribution in [1.29, 1.82) is 0 Å². The van der Waals surface area contributed by atoms with Gasteiger partial charge in [-0.05, 0) is 44.4 Å². The summed E-state index contributed by atoms with van der Waals surface area (Å²) in [6.45, 7) is 3.01. The lowest BCUT2D eigenvalue weighted by atomic mass is 9.97. The summed E-state index contributed by atoms with van der Waals surface area (Å²) in [7, 11) is 0. The molecule has 0 spiro atoms. The first-order chi connectivity index (χ1) is 9.70. The fourth-order valence-corrected chi connectivity index (χ4v) is 2.94. The first-order valence-corrected chi connectivity index (χ1v) is 7.09. The van der Waals surface area contributed by atoms with Crippen LogP contribution in [-0.4, -0.2) is 31.1 Å². The summed E-state index contributed by atoms with van der Waals surface area (Å²) < 4.78 is 4.99. The maximum Gasteiger partial charge on any atom is 0.338 e. The van der Waals surface area contributed by atoms with Crippen molar-refractivity contribution in [1.82, 2.24) is 0 Å². The molecule has 1 amide bonds. The number of nitrogens with zero attached hydrogens (tertiary/aromatic N) is 1. The second kappa shape index (κ2) is 5.15. The van der Waals surface area contributed by atoms with Gasteiger partial charge in [-0.3, -0.25) is 4.79 Å². The Morgan fingerprint density at radius 1 is 1.45 bits per heavy atom. The van der Waals surface area contributed by atoms with Crippen LogP contribution < -0.4 is 10.2 Å². The molecule has 1 N–H and O–H groups in total. The van der Waals surface area contributed by atoms with E-state index in [4.69, 9.17) is 4.74 Å². The molecule has 20 heavy (non-hydrogen) atoms. The number of ether oxygens (including phenoxy) is 1. The Morgan fingerprint density at radius 2 is 2.30 bits per heavy atom. The molecule has 2 aliphatic heterocycles. The molecule has 2 aliphatic rings. The van der Waals surface area contributed by atoms with Crippen molar-refractivity contribution >= 4 is 23.3 Å². The van der Waals surface area contributed by atoms with Gasteiger partial charge >= 0.3 is 5.97 Å². The molecule has 5 nitrogen and oxygen atoms in total. The monoisotopic (exact) mass is 274 g/mol. The molecular weight excluding hydrogens is 256 g/mol. The number of hydrogen-bond donors (Lipinski definition) is 1. The van der Waals surface area contributed by atoms with Gasteiger partial charge in [0, 0.05) is 6.54 Å². The highest BCUT2D eigenvalue weighted by Gasteiger charge is 2.34. The van der Waals surface area contributed by atoms with Crippen LogP contribution in [0.3, 0.4) is 0 Å². The zero-order valence-corrected chi connectivity index (χ0v) is 11.5. The van der Waals surface area contributed by atoms with Crippen LogP contribution in [-0.2, 0) is 9.53 Å². The SMILES string of the molecule is CCOC(=O)c1ccc2c(c1)NC(=O)[C@@H]1CCCCN21. The summed E-state index contributed by atoms with van der Waals surface area (Å²) in [5.41, 5.74) is 2.18. The van der Waals surface area contributed by atoms with Crippen molar-refractivity contribution in [3.63, 3.8) is 0 Å². The predicted octanol–water partition coefficient (Wildman–Crippen LogP) is 2.17. The lowest BCUT2D eigenvalue weighted by Gasteiger charge is -2.41. The third-order valence-corrected chi connectivity index (χ3v) is 3.88. The normalized spacial score (nSPS) is 20.8. The minimum absolute atomic E-state index is 0.0261. The average molecular weight is 274 g/mol. The summed E-state index contributed by atoms with van der Waals surface area (Å²) in [6.07, 6.45) is 3.08. The van der Waals surface area contributed by atoms with Crippen LogP contribution >= 0.6 is 0 Å². The standard InChI is InChI=1S/C15H18N2O3/c1-2-20-15(19)10-6-7-12-11(9-10)16-14(18)13-5-3-4-8-17(12)13/h6-7,9,13H,2-5,8H2,1H3,(H,16,18)/t13-/m0/s1. The van der Waals surface area contributed by atoms with E-state index in [1.165, 1.54) is 0 Å². The number of esters is 1. The summed E-state index contributed by atoms with van der Waals surface area (Å²) in [4.78, 5) is 26.0. The third-order valence-electron chi connectivity index (χ3n) is 3.88. The Hall–Kier alpha value is -2.04. The number of nitrogens with one attached hydrogen (secondary N) is 1. The molecule has 0 aromatic heterocycles. The number of anilines is 2. The third kappa shape index (κ3) is 2.13. The van der Waals surface area contributed by atoms with Crippen molar-refractivity contribution in [3.05, 3.63) is 23.8 Å². The van der Waals surface area contributed by atoms with Crippen LogP contribution in [0.1, 0.15) is 36.5 Å². The Morgan fingerprint density at radius 3 is 3.10 bits per heavy atom. The molecule has 106 valence electrons. The van der Waals surface area contributed by atoms with Crippen LogP contribution in [0.4, 0.5) is 11.4 Å². The van der Waals surface area contributed by atoms with Gasteiger partial charge in [0.05, 0.1) is 23.5 Å². The van der Waals surface area contributed by atoms with Gasteiger partial charge in [-0.15, -0.1) is 0 Å². The first kappa shape index (κ1) is 13.0. The number of rotatable bonds is 2. The Labute approximate surface area is 117 Å². The van der Waals surface area contributed by atoms with Crippen LogP contribution in [0.5, 0.6) is 0 Å². The predicted molar refractivity (Wildman–Crippen MR) is 76.0 cm³/mol. The zero-order valence-electron chi connectivity index (χ0n) is 11.5. The van der Waals surface area contributed by atoms with Gasteiger partial charge in [0.1, 0.15) is 6.04 Å². The number of carbonyl (C=O) groups is 2. The lowest BCUT2D eigenvalue weighted by Crippen LogP contribution is -2.50. The number of fused-ring (bicyclic) bond motifs is 3. The van der Waals surface area contributed by atoms with Crippen molar-refractivity contribution in [2.45, 2.75) is 32.2 Å². The number of benzene rings is 1. The quantitative estimate of drug-likeness (QED) is 0.840. The molecule has 1 aromatic rings. The lowest BCUT2D eigenvalue weighted by molar-refractivity contribution is -0.118. The van der Waals surface area contributed by atoms with E-state index in [2.05, 4.69) is 10.2 Å². The van der Waals surface area contributed by atoms with E-state index in [9.17, 15) is 9.59 Å². The van der Waals surface area contributed by atoms with Crippen molar-refractivity contribution in [3.8, 4) is 0 Å². The Balaban J connectivity index is 1.94. The van der Waals surface area contributed by atoms with Gasteiger partial charge in [-0.1, -0.05) is 0 Å². The zero-order chi connectivity index (χ0) is 14.1. The summed E-state index contributed by atoms with van der Waals surface area (Å²) in [6, 6.07) is 5.31. The molecule has 0 unspecified atom stereocenters. The molecule has 1 atom stereocenters. The second-order valence-corrected chi connectivity index (χ2v) is 5.15. The highest BCUT2D eigenvalue weighted by molar-refractivity contribution is 6.05. The van der Waals surface area contributed by atoms with Crippen molar-refractivity contribution in [2.75, 3.05) is 23.4 Å². The maximum absolute atomic E-state index is 12.1. The minimum atomic E-state index is -0.356. The van der Waals surface area contributed by atoms with E-state index in [-0.39, 0.29) is 17.9 Å². The average Bonchev–Trinajstić information content (AvgIpc) is 2.47. The Bertz CT molecular complexity index is 556. The fraction of sp³-hybridized carbons (Fsp3) is 0.467. The molecule has 0 saturated carbocycles. The van der Waals surface area contributed by atoms with Gasteiger partial charge < -0.3 is 15.0 Å².